The quantitative estimate of drug-likeness (QED) is 0.553. The second kappa shape index (κ2) is 7.49. The van der Waals surface area contributed by atoms with Crippen molar-refractivity contribution in [3.8, 4) is 0 Å². The highest BCUT2D eigenvalue weighted by atomic mass is 19.1. The Bertz CT molecular complexity index is 1220. The van der Waals surface area contributed by atoms with Crippen LogP contribution in [0.3, 0.4) is 0 Å². The second-order valence-electron chi connectivity index (χ2n) is 7.58. The van der Waals surface area contributed by atoms with Gasteiger partial charge < -0.3 is 15.0 Å². The van der Waals surface area contributed by atoms with Gasteiger partial charge in [0.2, 0.25) is 5.95 Å². The van der Waals surface area contributed by atoms with Crippen molar-refractivity contribution in [2.45, 2.75) is 19.9 Å². The van der Waals surface area contributed by atoms with Crippen LogP contribution in [-0.2, 0) is 4.74 Å². The Morgan fingerprint density at radius 3 is 2.73 bits per heavy atom. The van der Waals surface area contributed by atoms with E-state index < -0.39 is 0 Å². The molecule has 0 aliphatic carbocycles. The molecule has 0 spiro atoms. The fourth-order valence-corrected chi connectivity index (χ4v) is 3.69. The molecule has 1 N–H and O–H groups in total. The van der Waals surface area contributed by atoms with Crippen LogP contribution >= 0.6 is 0 Å². The number of hydrogen-bond acceptors (Lipinski definition) is 7. The zero-order valence-electron chi connectivity index (χ0n) is 16.8. The van der Waals surface area contributed by atoms with Gasteiger partial charge in [-0.1, -0.05) is 5.21 Å². The van der Waals surface area contributed by atoms with E-state index in [1.54, 1.807) is 12.3 Å². The highest BCUT2D eigenvalue weighted by Gasteiger charge is 2.16. The Morgan fingerprint density at radius 1 is 1.13 bits per heavy atom. The number of aromatic nitrogens is 5. The van der Waals surface area contributed by atoms with Crippen molar-refractivity contribution in [3.05, 3.63) is 42.3 Å². The zero-order chi connectivity index (χ0) is 20.7. The summed E-state index contributed by atoms with van der Waals surface area (Å²) in [6.07, 6.45) is 1.72. The molecule has 0 amide bonds. The predicted octanol–water partition coefficient (Wildman–Crippen LogP) is 3.67. The summed E-state index contributed by atoms with van der Waals surface area (Å²) in [4.78, 5) is 11.1. The van der Waals surface area contributed by atoms with Gasteiger partial charge >= 0.3 is 0 Å². The monoisotopic (exact) mass is 407 g/mol. The van der Waals surface area contributed by atoms with Crippen LogP contribution in [-0.4, -0.2) is 51.3 Å². The Balaban J connectivity index is 1.49. The zero-order valence-corrected chi connectivity index (χ0v) is 16.8. The molecule has 1 fully saturated rings. The Morgan fingerprint density at radius 2 is 1.97 bits per heavy atom. The van der Waals surface area contributed by atoms with Gasteiger partial charge in [-0.2, -0.15) is 0 Å². The molecule has 4 aromatic rings. The number of morpholine rings is 1. The summed E-state index contributed by atoms with van der Waals surface area (Å²) in [6.45, 7) is 6.91. The molecule has 1 saturated heterocycles. The molecule has 0 radical (unpaired) electrons. The fraction of sp³-hybridized carbons (Fsp3) is 0.333. The van der Waals surface area contributed by atoms with Crippen LogP contribution in [0.25, 0.3) is 21.9 Å². The first-order chi connectivity index (χ1) is 14.6. The van der Waals surface area contributed by atoms with E-state index in [-0.39, 0.29) is 11.9 Å². The summed E-state index contributed by atoms with van der Waals surface area (Å²) in [7, 11) is 0. The molecule has 2 aromatic carbocycles. The SMILES string of the molecule is CC(C)n1nnc2ccc3cnc(Nc4ccc(N5CCOCC5)cc4F)nc3c21. The van der Waals surface area contributed by atoms with E-state index in [4.69, 9.17) is 4.74 Å². The van der Waals surface area contributed by atoms with Gasteiger partial charge in [0.05, 0.1) is 18.9 Å². The van der Waals surface area contributed by atoms with Gasteiger partial charge in [0, 0.05) is 36.4 Å². The summed E-state index contributed by atoms with van der Waals surface area (Å²) >= 11 is 0. The molecule has 1 aliphatic heterocycles. The van der Waals surface area contributed by atoms with Crippen LogP contribution in [0.5, 0.6) is 0 Å². The van der Waals surface area contributed by atoms with Crippen molar-refractivity contribution in [1.29, 1.82) is 0 Å². The standard InChI is InChI=1S/C21H22FN7O/c1-13(2)29-20-18(26-27-29)5-3-14-12-23-21(25-19(14)20)24-17-6-4-15(11-16(17)22)28-7-9-30-10-8-28/h3-6,11-13H,7-10H2,1-2H3,(H,23,24,25). The number of anilines is 3. The molecule has 0 bridgehead atoms. The Kier molecular flexibility index (Phi) is 4.66. The van der Waals surface area contributed by atoms with E-state index in [0.717, 1.165) is 40.7 Å². The normalized spacial score (nSPS) is 14.7. The number of ether oxygens (including phenoxy) is 1. The molecule has 30 heavy (non-hydrogen) atoms. The largest absolute Gasteiger partial charge is 0.378 e. The van der Waals surface area contributed by atoms with Gasteiger partial charge in [-0.3, -0.25) is 0 Å². The van der Waals surface area contributed by atoms with Gasteiger partial charge in [0.1, 0.15) is 22.4 Å². The van der Waals surface area contributed by atoms with Crippen molar-refractivity contribution >= 4 is 39.3 Å². The van der Waals surface area contributed by atoms with Crippen molar-refractivity contribution in [2.75, 3.05) is 36.5 Å². The van der Waals surface area contributed by atoms with Crippen molar-refractivity contribution in [1.82, 2.24) is 25.0 Å². The molecule has 3 heterocycles. The Hall–Kier alpha value is -3.33. The van der Waals surface area contributed by atoms with Gasteiger partial charge in [-0.05, 0) is 44.2 Å². The third kappa shape index (κ3) is 3.30. The maximum absolute atomic E-state index is 14.8. The smallest absolute Gasteiger partial charge is 0.227 e. The van der Waals surface area contributed by atoms with Crippen LogP contribution in [0, 0.1) is 5.82 Å². The van der Waals surface area contributed by atoms with Crippen LogP contribution in [0.15, 0.2) is 36.5 Å². The van der Waals surface area contributed by atoms with Gasteiger partial charge in [-0.15, -0.1) is 5.10 Å². The Labute approximate surface area is 172 Å². The van der Waals surface area contributed by atoms with Gasteiger partial charge in [0.25, 0.3) is 0 Å². The third-order valence-corrected chi connectivity index (χ3v) is 5.25. The van der Waals surface area contributed by atoms with E-state index in [1.807, 2.05) is 36.7 Å². The number of benzene rings is 2. The fourth-order valence-electron chi connectivity index (χ4n) is 3.69. The van der Waals surface area contributed by atoms with Crippen LogP contribution in [0.4, 0.5) is 21.7 Å². The maximum atomic E-state index is 14.8. The van der Waals surface area contributed by atoms with E-state index in [0.29, 0.717) is 24.8 Å². The molecule has 0 saturated carbocycles. The number of nitrogens with zero attached hydrogens (tertiary/aromatic N) is 6. The molecule has 5 rings (SSSR count). The molecule has 1 aliphatic rings. The second-order valence-corrected chi connectivity index (χ2v) is 7.58. The summed E-state index contributed by atoms with van der Waals surface area (Å²) in [5.41, 5.74) is 3.51. The molecule has 8 nitrogen and oxygen atoms in total. The van der Waals surface area contributed by atoms with Gasteiger partial charge in [0.15, 0.2) is 0 Å². The lowest BCUT2D eigenvalue weighted by Gasteiger charge is -2.29. The molecule has 9 heteroatoms. The highest BCUT2D eigenvalue weighted by Crippen LogP contribution is 2.27. The lowest BCUT2D eigenvalue weighted by molar-refractivity contribution is 0.122. The van der Waals surface area contributed by atoms with Crippen molar-refractivity contribution < 1.29 is 9.13 Å². The van der Waals surface area contributed by atoms with Crippen LogP contribution in [0.1, 0.15) is 19.9 Å². The molecule has 154 valence electrons. The minimum absolute atomic E-state index is 0.136. The van der Waals surface area contributed by atoms with Crippen LogP contribution in [0.2, 0.25) is 0 Å². The lowest BCUT2D eigenvalue weighted by atomic mass is 10.2. The van der Waals surface area contributed by atoms with E-state index in [9.17, 15) is 4.39 Å². The summed E-state index contributed by atoms with van der Waals surface area (Å²) < 4.78 is 22.0. The molecule has 2 aromatic heterocycles. The average Bonchev–Trinajstić information content (AvgIpc) is 3.21. The van der Waals surface area contributed by atoms with Crippen LogP contribution < -0.4 is 10.2 Å². The number of fused-ring (bicyclic) bond motifs is 3. The van der Waals surface area contributed by atoms with Crippen molar-refractivity contribution in [2.24, 2.45) is 0 Å². The first-order valence-electron chi connectivity index (χ1n) is 10.00. The molecule has 0 unspecified atom stereocenters. The minimum atomic E-state index is -0.352. The lowest BCUT2D eigenvalue weighted by Crippen LogP contribution is -2.36. The highest BCUT2D eigenvalue weighted by molar-refractivity contribution is 6.01. The predicted molar refractivity (Wildman–Crippen MR) is 114 cm³/mol. The molecule has 0 atom stereocenters. The first kappa shape index (κ1) is 18.7. The third-order valence-electron chi connectivity index (χ3n) is 5.25. The van der Waals surface area contributed by atoms with E-state index in [2.05, 4.69) is 30.5 Å². The number of rotatable bonds is 4. The first-order valence-corrected chi connectivity index (χ1v) is 10.00. The molecular weight excluding hydrogens is 385 g/mol. The minimum Gasteiger partial charge on any atom is -0.378 e. The maximum Gasteiger partial charge on any atom is 0.227 e. The topological polar surface area (TPSA) is 81.0 Å². The summed E-state index contributed by atoms with van der Waals surface area (Å²) in [5.74, 6) is -0.0284. The number of nitrogens with one attached hydrogen (secondary N) is 1. The van der Waals surface area contributed by atoms with Crippen molar-refractivity contribution in [3.63, 3.8) is 0 Å². The van der Waals surface area contributed by atoms with E-state index in [1.165, 1.54) is 6.07 Å². The average molecular weight is 407 g/mol. The number of halogens is 1. The summed E-state index contributed by atoms with van der Waals surface area (Å²) in [5, 5.41) is 12.4. The van der Waals surface area contributed by atoms with Gasteiger partial charge in [-0.25, -0.2) is 19.0 Å². The number of hydrogen-bond donors (Lipinski definition) is 1. The van der Waals surface area contributed by atoms with E-state index >= 15 is 0 Å². The molecular formula is C21H22FN7O. The summed E-state index contributed by atoms with van der Waals surface area (Å²) in [6, 6.07) is 9.10.